The van der Waals surface area contributed by atoms with Gasteiger partial charge >= 0.3 is 0 Å². The monoisotopic (exact) mass is 426 g/mol. The van der Waals surface area contributed by atoms with E-state index in [4.69, 9.17) is 5.73 Å². The first-order valence-electron chi connectivity index (χ1n) is 10.4. The van der Waals surface area contributed by atoms with Crippen LogP contribution >= 0.6 is 12.4 Å². The van der Waals surface area contributed by atoms with Gasteiger partial charge in [-0.1, -0.05) is 55.5 Å². The molecule has 6 heteroatoms. The molecule has 1 saturated heterocycles. The number of hydrogen-bond acceptors (Lipinski definition) is 3. The highest BCUT2D eigenvalue weighted by Crippen LogP contribution is 2.31. The van der Waals surface area contributed by atoms with Crippen LogP contribution in [-0.4, -0.2) is 48.5 Å². The number of fused-ring (bicyclic) bond motifs is 1. The normalized spacial score (nSPS) is 20.1. The smallest absolute Gasteiger partial charge is 0.234 e. The third kappa shape index (κ3) is 4.86. The molecule has 0 aliphatic carbocycles. The van der Waals surface area contributed by atoms with E-state index in [0.29, 0.717) is 19.6 Å². The number of H-pyrrole nitrogens is 1. The van der Waals surface area contributed by atoms with Crippen molar-refractivity contribution < 1.29 is 4.79 Å². The Bertz CT molecular complexity index is 974. The van der Waals surface area contributed by atoms with E-state index in [2.05, 4.69) is 70.8 Å². The van der Waals surface area contributed by atoms with Crippen LogP contribution in [0.2, 0.25) is 0 Å². The van der Waals surface area contributed by atoms with E-state index in [9.17, 15) is 4.79 Å². The fourth-order valence-electron chi connectivity index (χ4n) is 4.38. The number of benzene rings is 2. The molecule has 2 heterocycles. The summed E-state index contributed by atoms with van der Waals surface area (Å²) in [6.07, 6.45) is 3.13. The van der Waals surface area contributed by atoms with Gasteiger partial charge in [0.2, 0.25) is 5.91 Å². The summed E-state index contributed by atoms with van der Waals surface area (Å²) in [5, 5.41) is 4.38. The SMILES string of the molecule is CC1(CN)CCN(CC(=O)NCC(c2ccccc2)c2c[nH]c3ccccc23)C1.Cl. The molecule has 0 spiro atoms. The van der Waals surface area contributed by atoms with Crippen LogP contribution in [0.15, 0.2) is 60.8 Å². The van der Waals surface area contributed by atoms with Crippen molar-refractivity contribution in [1.29, 1.82) is 0 Å². The zero-order valence-corrected chi connectivity index (χ0v) is 18.3. The number of aromatic nitrogens is 1. The van der Waals surface area contributed by atoms with Gasteiger partial charge in [0, 0.05) is 36.1 Å². The Morgan fingerprint density at radius 3 is 2.67 bits per heavy atom. The molecule has 1 aliphatic heterocycles. The first-order chi connectivity index (χ1) is 14.1. The van der Waals surface area contributed by atoms with Gasteiger partial charge in [0.25, 0.3) is 0 Å². The third-order valence-electron chi connectivity index (χ3n) is 6.20. The number of nitrogens with two attached hydrogens (primary N) is 1. The Hall–Kier alpha value is -2.34. The Kier molecular flexibility index (Phi) is 7.19. The fourth-order valence-corrected chi connectivity index (χ4v) is 4.38. The maximum Gasteiger partial charge on any atom is 0.234 e. The topological polar surface area (TPSA) is 74.2 Å². The zero-order chi connectivity index (χ0) is 20.3. The molecular weight excluding hydrogens is 396 g/mol. The molecule has 1 aromatic heterocycles. The van der Waals surface area contributed by atoms with E-state index in [1.807, 2.05) is 12.1 Å². The second-order valence-electron chi connectivity index (χ2n) is 8.53. The Morgan fingerprint density at radius 1 is 1.20 bits per heavy atom. The van der Waals surface area contributed by atoms with Gasteiger partial charge in [0.15, 0.2) is 0 Å². The molecule has 2 atom stereocenters. The van der Waals surface area contributed by atoms with Gasteiger partial charge < -0.3 is 16.0 Å². The lowest BCUT2D eigenvalue weighted by Gasteiger charge is -2.23. The van der Waals surface area contributed by atoms with Crippen molar-refractivity contribution in [1.82, 2.24) is 15.2 Å². The van der Waals surface area contributed by atoms with Crippen LogP contribution in [0.4, 0.5) is 0 Å². The molecule has 0 radical (unpaired) electrons. The lowest BCUT2D eigenvalue weighted by Crippen LogP contribution is -2.39. The first kappa shape index (κ1) is 22.3. The van der Waals surface area contributed by atoms with Gasteiger partial charge in [-0.2, -0.15) is 0 Å². The number of amides is 1. The summed E-state index contributed by atoms with van der Waals surface area (Å²) in [4.78, 5) is 18.3. The zero-order valence-electron chi connectivity index (χ0n) is 17.4. The summed E-state index contributed by atoms with van der Waals surface area (Å²) in [5.74, 6) is 0.177. The molecule has 1 aliphatic rings. The Balaban J connectivity index is 0.00000256. The fraction of sp³-hybridized carbons (Fsp3) is 0.375. The number of carbonyl (C=O) groups excluding carboxylic acids is 1. The molecule has 5 nitrogen and oxygen atoms in total. The largest absolute Gasteiger partial charge is 0.361 e. The Morgan fingerprint density at radius 2 is 1.93 bits per heavy atom. The number of halogens is 1. The minimum Gasteiger partial charge on any atom is -0.361 e. The minimum atomic E-state index is 0. The van der Waals surface area contributed by atoms with Crippen molar-refractivity contribution in [2.24, 2.45) is 11.1 Å². The van der Waals surface area contributed by atoms with Crippen LogP contribution in [0.5, 0.6) is 0 Å². The van der Waals surface area contributed by atoms with Gasteiger partial charge in [-0.25, -0.2) is 0 Å². The van der Waals surface area contributed by atoms with Gasteiger partial charge in [-0.05, 0) is 42.1 Å². The van der Waals surface area contributed by atoms with E-state index in [-0.39, 0.29) is 29.6 Å². The van der Waals surface area contributed by atoms with Crippen LogP contribution < -0.4 is 11.1 Å². The number of hydrogen-bond donors (Lipinski definition) is 3. The summed E-state index contributed by atoms with van der Waals surface area (Å²) in [6.45, 7) is 5.71. The second kappa shape index (κ2) is 9.65. The van der Waals surface area contributed by atoms with Crippen molar-refractivity contribution >= 4 is 29.2 Å². The van der Waals surface area contributed by atoms with E-state index >= 15 is 0 Å². The number of likely N-dealkylation sites (tertiary alicyclic amines) is 1. The molecule has 30 heavy (non-hydrogen) atoms. The number of carbonyl (C=O) groups is 1. The van der Waals surface area contributed by atoms with E-state index < -0.39 is 0 Å². The van der Waals surface area contributed by atoms with Crippen LogP contribution in [0.1, 0.15) is 30.4 Å². The van der Waals surface area contributed by atoms with Gasteiger partial charge in [-0.15, -0.1) is 12.4 Å². The van der Waals surface area contributed by atoms with Gasteiger partial charge in [0.1, 0.15) is 0 Å². The standard InChI is InChI=1S/C24H30N4O.ClH/c1-24(16-25)11-12-28(17-24)15-23(29)27-13-20(18-7-3-2-4-8-18)21-14-26-22-10-6-5-9-19(21)22;/h2-10,14,20,26H,11-13,15-17,25H2,1H3,(H,27,29);1H. The molecule has 4 rings (SSSR count). The summed E-state index contributed by atoms with van der Waals surface area (Å²) in [7, 11) is 0. The highest BCUT2D eigenvalue weighted by atomic mass is 35.5. The summed E-state index contributed by atoms with van der Waals surface area (Å²) >= 11 is 0. The molecule has 3 aromatic rings. The van der Waals surface area contributed by atoms with Crippen LogP contribution in [0.25, 0.3) is 10.9 Å². The molecule has 2 aromatic carbocycles. The van der Waals surface area contributed by atoms with Crippen molar-refractivity contribution in [3.63, 3.8) is 0 Å². The second-order valence-corrected chi connectivity index (χ2v) is 8.53. The molecule has 1 amide bonds. The lowest BCUT2D eigenvalue weighted by atomic mass is 9.90. The summed E-state index contributed by atoms with van der Waals surface area (Å²) < 4.78 is 0. The maximum atomic E-state index is 12.7. The first-order valence-corrected chi connectivity index (χ1v) is 10.4. The van der Waals surface area contributed by atoms with Crippen molar-refractivity contribution in [3.05, 3.63) is 71.9 Å². The number of rotatable bonds is 7. The average molecular weight is 427 g/mol. The number of nitrogens with one attached hydrogen (secondary N) is 2. The molecule has 0 bridgehead atoms. The van der Waals surface area contributed by atoms with Crippen LogP contribution in [0, 0.1) is 5.41 Å². The summed E-state index contributed by atoms with van der Waals surface area (Å²) in [6, 6.07) is 18.7. The number of aromatic amines is 1. The molecule has 4 N–H and O–H groups in total. The van der Waals surface area contributed by atoms with E-state index in [1.165, 1.54) is 16.5 Å². The number of nitrogens with zero attached hydrogens (tertiary/aromatic N) is 1. The number of para-hydroxylation sites is 1. The average Bonchev–Trinajstić information content (AvgIpc) is 3.33. The van der Waals surface area contributed by atoms with Crippen LogP contribution in [0.3, 0.4) is 0 Å². The molecular formula is C24H31ClN4O. The molecule has 2 unspecified atom stereocenters. The highest BCUT2D eigenvalue weighted by Gasteiger charge is 2.33. The summed E-state index contributed by atoms with van der Waals surface area (Å²) in [5.41, 5.74) is 9.56. The predicted octanol–water partition coefficient (Wildman–Crippen LogP) is 3.51. The van der Waals surface area contributed by atoms with Crippen molar-refractivity contribution in [2.45, 2.75) is 19.3 Å². The molecule has 1 fully saturated rings. The van der Waals surface area contributed by atoms with E-state index in [1.54, 1.807) is 0 Å². The maximum absolute atomic E-state index is 12.7. The lowest BCUT2D eigenvalue weighted by molar-refractivity contribution is -0.122. The van der Waals surface area contributed by atoms with Crippen molar-refractivity contribution in [2.75, 3.05) is 32.7 Å². The Labute approximate surface area is 184 Å². The van der Waals surface area contributed by atoms with Gasteiger partial charge in [0.05, 0.1) is 6.54 Å². The van der Waals surface area contributed by atoms with Crippen LogP contribution in [-0.2, 0) is 4.79 Å². The predicted molar refractivity (Wildman–Crippen MR) is 125 cm³/mol. The minimum absolute atomic E-state index is 0. The van der Waals surface area contributed by atoms with Gasteiger partial charge in [-0.3, -0.25) is 9.69 Å². The molecule has 160 valence electrons. The molecule has 0 saturated carbocycles. The highest BCUT2D eigenvalue weighted by molar-refractivity contribution is 5.85. The third-order valence-corrected chi connectivity index (χ3v) is 6.20. The van der Waals surface area contributed by atoms with E-state index in [0.717, 1.165) is 25.0 Å². The quantitative estimate of drug-likeness (QED) is 0.541. The van der Waals surface area contributed by atoms with Crippen molar-refractivity contribution in [3.8, 4) is 0 Å².